The molecule has 0 saturated heterocycles. The number of nitrogens with zero attached hydrogens (tertiary/aromatic N) is 1. The van der Waals surface area contributed by atoms with E-state index in [1.54, 1.807) is 45.3 Å². The van der Waals surface area contributed by atoms with Crippen LogP contribution in [0, 0.1) is 0 Å². The summed E-state index contributed by atoms with van der Waals surface area (Å²) in [4.78, 5) is 36.0. The van der Waals surface area contributed by atoms with Crippen molar-refractivity contribution in [3.63, 3.8) is 0 Å². The average molecular weight is 292 g/mol. The molecule has 0 unspecified atom stereocenters. The van der Waals surface area contributed by atoms with Crippen LogP contribution in [-0.4, -0.2) is 43.4 Å². The Kier molecular flexibility index (Phi) is 6.39. The van der Waals surface area contributed by atoms with Crippen LogP contribution in [0.15, 0.2) is 24.3 Å². The number of benzene rings is 1. The minimum Gasteiger partial charge on any atom is -0.466 e. The van der Waals surface area contributed by atoms with E-state index in [2.05, 4.69) is 5.32 Å². The van der Waals surface area contributed by atoms with Crippen LogP contribution in [0.25, 0.3) is 0 Å². The predicted molar refractivity (Wildman–Crippen MR) is 79.0 cm³/mol. The fourth-order valence-corrected chi connectivity index (χ4v) is 1.63. The van der Waals surface area contributed by atoms with Crippen molar-refractivity contribution in [2.75, 3.05) is 26.0 Å². The van der Waals surface area contributed by atoms with E-state index in [9.17, 15) is 14.4 Å². The molecule has 0 aromatic heterocycles. The Morgan fingerprint density at radius 2 is 1.71 bits per heavy atom. The molecule has 1 N–H and O–H groups in total. The van der Waals surface area contributed by atoms with Crippen molar-refractivity contribution in [1.29, 1.82) is 0 Å². The second-order valence-electron chi connectivity index (χ2n) is 4.63. The molecule has 0 radical (unpaired) electrons. The van der Waals surface area contributed by atoms with Gasteiger partial charge in [0.1, 0.15) is 0 Å². The maximum absolute atomic E-state index is 11.7. The number of carbonyl (C=O) groups excluding carboxylic acids is 3. The summed E-state index contributed by atoms with van der Waals surface area (Å²) in [5.74, 6) is -0.760. The Labute approximate surface area is 124 Å². The summed E-state index contributed by atoms with van der Waals surface area (Å²) in [5.41, 5.74) is 1.13. The van der Waals surface area contributed by atoms with E-state index in [0.29, 0.717) is 17.9 Å². The zero-order valence-corrected chi connectivity index (χ0v) is 12.5. The van der Waals surface area contributed by atoms with Crippen molar-refractivity contribution in [2.24, 2.45) is 0 Å². The number of esters is 1. The molecule has 1 rings (SSSR count). The standard InChI is InChI=1S/C15H20N2O4/c1-4-21-14(19)10-9-13(18)16-12-7-5-11(6-8-12)15(20)17(2)3/h5-8H,4,9-10H2,1-3H3,(H,16,18). The third-order valence-corrected chi connectivity index (χ3v) is 2.68. The predicted octanol–water partition coefficient (Wildman–Crippen LogP) is 1.67. The second-order valence-corrected chi connectivity index (χ2v) is 4.63. The Hall–Kier alpha value is -2.37. The number of ether oxygens (including phenoxy) is 1. The lowest BCUT2D eigenvalue weighted by atomic mass is 10.2. The van der Waals surface area contributed by atoms with E-state index < -0.39 is 0 Å². The fraction of sp³-hybridized carbons (Fsp3) is 0.400. The minimum absolute atomic E-state index is 0.0525. The van der Waals surface area contributed by atoms with Crippen LogP contribution in [0.3, 0.4) is 0 Å². The molecule has 0 spiro atoms. The molecular weight excluding hydrogens is 272 g/mol. The highest BCUT2D eigenvalue weighted by Crippen LogP contribution is 2.11. The highest BCUT2D eigenvalue weighted by atomic mass is 16.5. The monoisotopic (exact) mass is 292 g/mol. The van der Waals surface area contributed by atoms with Gasteiger partial charge >= 0.3 is 5.97 Å². The fourth-order valence-electron chi connectivity index (χ4n) is 1.63. The molecule has 0 aliphatic heterocycles. The molecule has 1 aromatic rings. The van der Waals surface area contributed by atoms with Crippen LogP contribution in [0.2, 0.25) is 0 Å². The Morgan fingerprint density at radius 1 is 1.10 bits per heavy atom. The molecule has 0 aliphatic rings. The van der Waals surface area contributed by atoms with Crippen molar-refractivity contribution >= 4 is 23.5 Å². The molecular formula is C15H20N2O4. The van der Waals surface area contributed by atoms with Crippen molar-refractivity contribution < 1.29 is 19.1 Å². The van der Waals surface area contributed by atoms with Crippen molar-refractivity contribution in [3.05, 3.63) is 29.8 Å². The van der Waals surface area contributed by atoms with Crippen LogP contribution in [0.4, 0.5) is 5.69 Å². The smallest absolute Gasteiger partial charge is 0.306 e. The lowest BCUT2D eigenvalue weighted by molar-refractivity contribution is -0.144. The molecule has 0 heterocycles. The molecule has 0 fully saturated rings. The highest BCUT2D eigenvalue weighted by Gasteiger charge is 2.10. The average Bonchev–Trinajstić information content (AvgIpc) is 2.45. The van der Waals surface area contributed by atoms with Crippen LogP contribution < -0.4 is 5.32 Å². The van der Waals surface area contributed by atoms with Crippen LogP contribution in [-0.2, 0) is 14.3 Å². The molecule has 114 valence electrons. The zero-order valence-electron chi connectivity index (χ0n) is 12.5. The number of carbonyl (C=O) groups is 3. The minimum atomic E-state index is -0.389. The van der Waals surface area contributed by atoms with Crippen molar-refractivity contribution in [1.82, 2.24) is 4.90 Å². The number of amides is 2. The summed E-state index contributed by atoms with van der Waals surface area (Å²) in [6.07, 6.45) is 0.119. The van der Waals surface area contributed by atoms with Crippen LogP contribution in [0.5, 0.6) is 0 Å². The van der Waals surface area contributed by atoms with Gasteiger partial charge in [0.05, 0.1) is 13.0 Å². The Balaban J connectivity index is 2.50. The van der Waals surface area contributed by atoms with Gasteiger partial charge in [0.15, 0.2) is 0 Å². The summed E-state index contributed by atoms with van der Waals surface area (Å²) in [6, 6.07) is 6.59. The summed E-state index contributed by atoms with van der Waals surface area (Å²) < 4.78 is 4.75. The van der Waals surface area contributed by atoms with Gasteiger partial charge in [-0.15, -0.1) is 0 Å². The first-order chi connectivity index (χ1) is 9.93. The quantitative estimate of drug-likeness (QED) is 0.809. The summed E-state index contributed by atoms with van der Waals surface area (Å²) in [5, 5.41) is 2.66. The van der Waals surface area contributed by atoms with E-state index in [1.165, 1.54) is 4.90 Å². The Morgan fingerprint density at radius 3 is 2.24 bits per heavy atom. The number of nitrogens with one attached hydrogen (secondary N) is 1. The van der Waals surface area contributed by atoms with Gasteiger partial charge in [-0.2, -0.15) is 0 Å². The van der Waals surface area contributed by atoms with Gasteiger partial charge < -0.3 is 15.0 Å². The topological polar surface area (TPSA) is 75.7 Å². The lowest BCUT2D eigenvalue weighted by Gasteiger charge is -2.11. The van der Waals surface area contributed by atoms with Gasteiger partial charge in [-0.25, -0.2) is 0 Å². The van der Waals surface area contributed by atoms with Crippen LogP contribution >= 0.6 is 0 Å². The van der Waals surface area contributed by atoms with Gasteiger partial charge in [0, 0.05) is 31.8 Å². The lowest BCUT2D eigenvalue weighted by Crippen LogP contribution is -2.21. The molecule has 0 atom stereocenters. The first kappa shape index (κ1) is 16.7. The SMILES string of the molecule is CCOC(=O)CCC(=O)Nc1ccc(C(=O)N(C)C)cc1. The van der Waals surface area contributed by atoms with Gasteiger partial charge in [-0.3, -0.25) is 14.4 Å². The molecule has 0 bridgehead atoms. The molecule has 6 heteroatoms. The molecule has 1 aromatic carbocycles. The third kappa shape index (κ3) is 5.64. The van der Waals surface area contributed by atoms with E-state index in [-0.39, 0.29) is 30.6 Å². The van der Waals surface area contributed by atoms with E-state index >= 15 is 0 Å². The van der Waals surface area contributed by atoms with E-state index in [0.717, 1.165) is 0 Å². The van der Waals surface area contributed by atoms with Gasteiger partial charge in [-0.05, 0) is 31.2 Å². The second kappa shape index (κ2) is 8.04. The number of hydrogen-bond donors (Lipinski definition) is 1. The maximum Gasteiger partial charge on any atom is 0.306 e. The molecule has 0 saturated carbocycles. The number of hydrogen-bond acceptors (Lipinski definition) is 4. The van der Waals surface area contributed by atoms with Crippen LogP contribution in [0.1, 0.15) is 30.1 Å². The molecule has 0 aliphatic carbocycles. The summed E-state index contributed by atoms with van der Waals surface area (Å²) in [7, 11) is 3.35. The Bertz CT molecular complexity index is 509. The zero-order chi connectivity index (χ0) is 15.8. The van der Waals surface area contributed by atoms with Gasteiger partial charge in [-0.1, -0.05) is 0 Å². The third-order valence-electron chi connectivity index (χ3n) is 2.68. The first-order valence-electron chi connectivity index (χ1n) is 6.71. The largest absolute Gasteiger partial charge is 0.466 e. The normalized spacial score (nSPS) is 9.86. The maximum atomic E-state index is 11.7. The van der Waals surface area contributed by atoms with Gasteiger partial charge in [0.25, 0.3) is 5.91 Å². The van der Waals surface area contributed by atoms with Crippen molar-refractivity contribution in [3.8, 4) is 0 Å². The number of anilines is 1. The van der Waals surface area contributed by atoms with E-state index in [1.807, 2.05) is 0 Å². The summed E-state index contributed by atoms with van der Waals surface area (Å²) in [6.45, 7) is 2.02. The number of rotatable bonds is 6. The molecule has 21 heavy (non-hydrogen) atoms. The van der Waals surface area contributed by atoms with E-state index in [4.69, 9.17) is 4.74 Å². The van der Waals surface area contributed by atoms with Crippen molar-refractivity contribution in [2.45, 2.75) is 19.8 Å². The molecule has 2 amide bonds. The summed E-state index contributed by atoms with van der Waals surface area (Å²) >= 11 is 0. The molecule has 6 nitrogen and oxygen atoms in total. The first-order valence-corrected chi connectivity index (χ1v) is 6.71. The highest BCUT2D eigenvalue weighted by molar-refractivity contribution is 5.96. The van der Waals surface area contributed by atoms with Gasteiger partial charge in [0.2, 0.25) is 5.91 Å².